The average Bonchev–Trinajstić information content (AvgIpc) is 3.04. The van der Waals surface area contributed by atoms with Crippen molar-refractivity contribution >= 4 is 11.6 Å². The van der Waals surface area contributed by atoms with Crippen LogP contribution in [0.3, 0.4) is 0 Å². The van der Waals surface area contributed by atoms with Gasteiger partial charge in [0.05, 0.1) is 0 Å². The third-order valence-corrected chi connectivity index (χ3v) is 4.84. The van der Waals surface area contributed by atoms with Crippen molar-refractivity contribution in [3.05, 3.63) is 29.0 Å². The molecule has 2 aliphatic heterocycles. The lowest BCUT2D eigenvalue weighted by Crippen LogP contribution is -2.39. The van der Waals surface area contributed by atoms with E-state index in [1.54, 1.807) is 12.1 Å². The highest BCUT2D eigenvalue weighted by atomic mass is 35.5. The van der Waals surface area contributed by atoms with E-state index in [0.29, 0.717) is 17.6 Å². The average molecular weight is 314 g/mol. The van der Waals surface area contributed by atoms with Gasteiger partial charge in [0.15, 0.2) is 0 Å². The first kappa shape index (κ1) is 15.1. The summed E-state index contributed by atoms with van der Waals surface area (Å²) in [5, 5.41) is 3.47. The Morgan fingerprint density at radius 3 is 2.76 bits per heavy atom. The summed E-state index contributed by atoms with van der Waals surface area (Å²) in [5.41, 5.74) is 0. The molecular weight excluding hydrogens is 293 g/mol. The first-order valence-electron chi connectivity index (χ1n) is 7.65. The summed E-state index contributed by atoms with van der Waals surface area (Å²) in [6.07, 6.45) is 3.15. The van der Waals surface area contributed by atoms with Crippen molar-refractivity contribution in [2.24, 2.45) is 11.8 Å². The molecule has 0 aliphatic carbocycles. The topological polar surface area (TPSA) is 30.5 Å². The molecule has 0 radical (unpaired) electrons. The van der Waals surface area contributed by atoms with Gasteiger partial charge in [-0.2, -0.15) is 0 Å². The quantitative estimate of drug-likeness (QED) is 0.925. The molecular formula is C16H21ClFNO2. The van der Waals surface area contributed by atoms with Gasteiger partial charge >= 0.3 is 0 Å². The molecule has 3 nitrogen and oxygen atoms in total. The van der Waals surface area contributed by atoms with Gasteiger partial charge in [-0.25, -0.2) is 4.39 Å². The maximum atomic E-state index is 13.6. The number of benzene rings is 1. The lowest BCUT2D eigenvalue weighted by molar-refractivity contribution is -0.00140. The van der Waals surface area contributed by atoms with Gasteiger partial charge in [0.1, 0.15) is 22.7 Å². The SMILES string of the molecule is Fc1cccc(O[C@@H](C2CCOCC2)[C@H]2CCNC2)c1Cl. The molecule has 2 heterocycles. The largest absolute Gasteiger partial charge is 0.488 e. The van der Waals surface area contributed by atoms with Crippen LogP contribution in [0.15, 0.2) is 18.2 Å². The predicted octanol–water partition coefficient (Wildman–Crippen LogP) is 3.26. The van der Waals surface area contributed by atoms with Gasteiger partial charge < -0.3 is 14.8 Å². The molecule has 2 fully saturated rings. The summed E-state index contributed by atoms with van der Waals surface area (Å²) in [6.45, 7) is 3.53. The summed E-state index contributed by atoms with van der Waals surface area (Å²) in [7, 11) is 0. The molecule has 0 saturated carbocycles. The predicted molar refractivity (Wildman–Crippen MR) is 80.3 cm³/mol. The summed E-state index contributed by atoms with van der Waals surface area (Å²) >= 11 is 6.04. The second-order valence-corrected chi connectivity index (χ2v) is 6.22. The van der Waals surface area contributed by atoms with Gasteiger partial charge in [-0.15, -0.1) is 0 Å². The summed E-state index contributed by atoms with van der Waals surface area (Å²) in [4.78, 5) is 0. The van der Waals surface area contributed by atoms with Gasteiger partial charge in [0, 0.05) is 31.6 Å². The molecule has 116 valence electrons. The Morgan fingerprint density at radius 1 is 1.24 bits per heavy atom. The molecule has 21 heavy (non-hydrogen) atoms. The van der Waals surface area contributed by atoms with Crippen molar-refractivity contribution in [3.63, 3.8) is 0 Å². The van der Waals surface area contributed by atoms with Gasteiger partial charge in [-0.05, 0) is 37.9 Å². The number of halogens is 2. The molecule has 2 saturated heterocycles. The van der Waals surface area contributed by atoms with Gasteiger partial charge in [-0.3, -0.25) is 0 Å². The Balaban J connectivity index is 1.79. The van der Waals surface area contributed by atoms with Crippen molar-refractivity contribution in [1.29, 1.82) is 0 Å². The van der Waals surface area contributed by atoms with Crippen LogP contribution in [0.1, 0.15) is 19.3 Å². The molecule has 1 aromatic rings. The second kappa shape index (κ2) is 6.95. The second-order valence-electron chi connectivity index (χ2n) is 5.84. The zero-order valence-corrected chi connectivity index (χ0v) is 12.7. The van der Waals surface area contributed by atoms with Crippen molar-refractivity contribution < 1.29 is 13.9 Å². The van der Waals surface area contributed by atoms with Crippen LogP contribution in [0.2, 0.25) is 5.02 Å². The van der Waals surface area contributed by atoms with Crippen LogP contribution in [0.25, 0.3) is 0 Å². The van der Waals surface area contributed by atoms with Crippen molar-refractivity contribution in [2.45, 2.75) is 25.4 Å². The molecule has 0 amide bonds. The van der Waals surface area contributed by atoms with Crippen LogP contribution >= 0.6 is 11.6 Å². The Kier molecular flexibility index (Phi) is 4.99. The standard InChI is InChI=1S/C16H21ClFNO2/c17-15-13(18)2-1-3-14(15)21-16(12-4-7-19-10-12)11-5-8-20-9-6-11/h1-3,11-12,16,19H,4-10H2/t12-,16-/m0/s1. The third kappa shape index (κ3) is 3.50. The van der Waals surface area contributed by atoms with E-state index in [4.69, 9.17) is 21.1 Å². The third-order valence-electron chi connectivity index (χ3n) is 4.47. The fraction of sp³-hybridized carbons (Fsp3) is 0.625. The van der Waals surface area contributed by atoms with Gasteiger partial charge in [0.25, 0.3) is 0 Å². The van der Waals surface area contributed by atoms with Crippen LogP contribution in [0.5, 0.6) is 5.75 Å². The molecule has 0 aromatic heterocycles. The minimum Gasteiger partial charge on any atom is -0.488 e. The van der Waals surface area contributed by atoms with Crippen LogP contribution in [0, 0.1) is 17.7 Å². The van der Waals surface area contributed by atoms with Crippen LogP contribution in [0.4, 0.5) is 4.39 Å². The monoisotopic (exact) mass is 313 g/mol. The van der Waals surface area contributed by atoms with E-state index in [2.05, 4.69) is 5.32 Å². The molecule has 3 rings (SSSR count). The summed E-state index contributed by atoms with van der Waals surface area (Å²) in [6, 6.07) is 4.75. The highest BCUT2D eigenvalue weighted by Crippen LogP contribution is 2.34. The fourth-order valence-corrected chi connectivity index (χ4v) is 3.47. The number of nitrogens with one attached hydrogen (secondary N) is 1. The minimum atomic E-state index is -0.426. The molecule has 2 atom stereocenters. The van der Waals surface area contributed by atoms with E-state index in [9.17, 15) is 4.39 Å². The van der Waals surface area contributed by atoms with Gasteiger partial charge in [-0.1, -0.05) is 17.7 Å². The maximum Gasteiger partial charge on any atom is 0.145 e. The lowest BCUT2D eigenvalue weighted by atomic mass is 9.85. The molecule has 0 unspecified atom stereocenters. The Bertz CT molecular complexity index is 473. The molecule has 1 aromatic carbocycles. The van der Waals surface area contributed by atoms with E-state index in [-0.39, 0.29) is 11.1 Å². The van der Waals surface area contributed by atoms with E-state index < -0.39 is 5.82 Å². The highest BCUT2D eigenvalue weighted by Gasteiger charge is 2.34. The first-order valence-corrected chi connectivity index (χ1v) is 8.02. The van der Waals surface area contributed by atoms with Crippen molar-refractivity contribution in [1.82, 2.24) is 5.32 Å². The molecule has 0 spiro atoms. The van der Waals surface area contributed by atoms with Crippen LogP contribution in [-0.4, -0.2) is 32.4 Å². The van der Waals surface area contributed by atoms with Crippen LogP contribution in [-0.2, 0) is 4.74 Å². The highest BCUT2D eigenvalue weighted by molar-refractivity contribution is 6.32. The van der Waals surface area contributed by atoms with Crippen molar-refractivity contribution in [3.8, 4) is 5.75 Å². The Labute approximate surface area is 129 Å². The minimum absolute atomic E-state index is 0.0724. The zero-order chi connectivity index (χ0) is 14.7. The van der Waals surface area contributed by atoms with Crippen LogP contribution < -0.4 is 10.1 Å². The van der Waals surface area contributed by atoms with E-state index in [1.807, 2.05) is 0 Å². The first-order chi connectivity index (χ1) is 10.3. The zero-order valence-electron chi connectivity index (χ0n) is 12.0. The fourth-order valence-electron chi connectivity index (χ4n) is 3.30. The van der Waals surface area contributed by atoms with Gasteiger partial charge in [0.2, 0.25) is 0 Å². The van der Waals surface area contributed by atoms with E-state index in [1.165, 1.54) is 6.07 Å². The number of hydrogen-bond acceptors (Lipinski definition) is 3. The summed E-state index contributed by atoms with van der Waals surface area (Å²) < 4.78 is 25.2. The summed E-state index contributed by atoms with van der Waals surface area (Å²) in [5.74, 6) is 0.930. The lowest BCUT2D eigenvalue weighted by Gasteiger charge is -2.34. The maximum absolute atomic E-state index is 13.6. The molecule has 0 bridgehead atoms. The molecule has 1 N–H and O–H groups in total. The smallest absolute Gasteiger partial charge is 0.145 e. The van der Waals surface area contributed by atoms with Crippen molar-refractivity contribution in [2.75, 3.05) is 26.3 Å². The number of ether oxygens (including phenoxy) is 2. The number of hydrogen-bond donors (Lipinski definition) is 1. The Morgan fingerprint density at radius 2 is 2.05 bits per heavy atom. The normalized spacial score (nSPS) is 25.0. The Hall–Kier alpha value is -0.840. The molecule has 5 heteroatoms. The van der Waals surface area contributed by atoms with E-state index >= 15 is 0 Å². The molecule has 2 aliphatic rings. The number of rotatable bonds is 4. The van der Waals surface area contributed by atoms with E-state index in [0.717, 1.165) is 45.6 Å².